The number of benzene rings is 1. The zero-order valence-corrected chi connectivity index (χ0v) is 11.0. The van der Waals surface area contributed by atoms with Crippen LogP contribution >= 0.6 is 11.8 Å². The van der Waals surface area contributed by atoms with Crippen LogP contribution in [0.3, 0.4) is 0 Å². The molecule has 1 atom stereocenters. The van der Waals surface area contributed by atoms with Gasteiger partial charge >= 0.3 is 5.51 Å². The molecule has 0 spiro atoms. The number of rotatable bonds is 5. The van der Waals surface area contributed by atoms with Crippen LogP contribution < -0.4 is 11.1 Å². The molecule has 0 unspecified atom stereocenters. The third-order valence-electron chi connectivity index (χ3n) is 2.29. The zero-order valence-electron chi connectivity index (χ0n) is 10.1. The van der Waals surface area contributed by atoms with Crippen LogP contribution in [0.2, 0.25) is 0 Å². The average Bonchev–Trinajstić information content (AvgIpc) is 2.30. The van der Waals surface area contributed by atoms with E-state index in [1.165, 1.54) is 0 Å². The highest BCUT2D eigenvalue weighted by molar-refractivity contribution is 8.00. The minimum atomic E-state index is -4.36. The minimum Gasteiger partial charge on any atom is -0.347 e. The summed E-state index contributed by atoms with van der Waals surface area (Å²) < 4.78 is 61.6. The molecule has 1 aromatic rings. The summed E-state index contributed by atoms with van der Waals surface area (Å²) >= 11 is -0.253. The quantitative estimate of drug-likeness (QED) is 0.818. The Hall–Kier alpha value is -1.35. The van der Waals surface area contributed by atoms with Gasteiger partial charge < -0.3 is 11.1 Å². The van der Waals surface area contributed by atoms with Gasteiger partial charge in [0.25, 0.3) is 5.91 Å². The smallest absolute Gasteiger partial charge is 0.347 e. The second-order valence-corrected chi connectivity index (χ2v) is 5.05. The van der Waals surface area contributed by atoms with E-state index in [-0.39, 0.29) is 29.6 Å². The predicted molar refractivity (Wildman–Crippen MR) is 64.8 cm³/mol. The van der Waals surface area contributed by atoms with E-state index in [1.54, 1.807) is 0 Å². The maximum atomic E-state index is 13.3. The number of amides is 1. The number of alkyl halides is 3. The molecular weight excluding hydrogens is 303 g/mol. The van der Waals surface area contributed by atoms with Crippen molar-refractivity contribution in [2.24, 2.45) is 0 Å². The summed E-state index contributed by atoms with van der Waals surface area (Å²) in [6, 6.07) is 1.61. The zero-order chi connectivity index (χ0) is 15.3. The average molecular weight is 315 g/mol. The number of hydrogen-bond acceptors (Lipinski definition) is 2. The van der Waals surface area contributed by atoms with Gasteiger partial charge in [-0.3, -0.25) is 4.79 Å². The van der Waals surface area contributed by atoms with Crippen molar-refractivity contribution in [2.45, 2.75) is 18.0 Å². The summed E-state index contributed by atoms with van der Waals surface area (Å²) in [5.41, 5.74) is -1.19. The highest BCUT2D eigenvalue weighted by atomic mass is 32.2. The lowest BCUT2D eigenvalue weighted by Gasteiger charge is -2.11. The Labute approximate surface area is 115 Å². The van der Waals surface area contributed by atoms with E-state index in [0.29, 0.717) is 6.07 Å². The van der Waals surface area contributed by atoms with Crippen molar-refractivity contribution in [1.82, 2.24) is 0 Å². The normalized spacial score (nSPS) is 13.1. The van der Waals surface area contributed by atoms with Gasteiger partial charge in [-0.15, -0.1) is 0 Å². The van der Waals surface area contributed by atoms with Crippen LogP contribution in [0.15, 0.2) is 18.2 Å². The molecule has 0 aliphatic carbocycles. The molecular formula is C11H12F5N2OS+. The molecule has 0 radical (unpaired) electrons. The van der Waals surface area contributed by atoms with Crippen LogP contribution in [-0.2, 0) is 4.79 Å². The van der Waals surface area contributed by atoms with Crippen molar-refractivity contribution in [2.75, 3.05) is 11.1 Å². The SMILES string of the molecule is [NH3+][C@@H](CCSC(F)(F)F)C(=O)Nc1ccc(F)cc1F. The van der Waals surface area contributed by atoms with E-state index in [4.69, 9.17) is 0 Å². The molecule has 112 valence electrons. The first-order valence-corrected chi connectivity index (χ1v) is 6.47. The number of thioether (sulfide) groups is 1. The fourth-order valence-electron chi connectivity index (χ4n) is 1.27. The van der Waals surface area contributed by atoms with Gasteiger partial charge in [-0.1, -0.05) is 11.8 Å². The number of anilines is 1. The van der Waals surface area contributed by atoms with Crippen LogP contribution in [0.4, 0.5) is 27.6 Å². The summed E-state index contributed by atoms with van der Waals surface area (Å²) in [6.45, 7) is 0. The lowest BCUT2D eigenvalue weighted by Crippen LogP contribution is -2.66. The van der Waals surface area contributed by atoms with Gasteiger partial charge in [0.15, 0.2) is 6.04 Å². The topological polar surface area (TPSA) is 56.7 Å². The van der Waals surface area contributed by atoms with Crippen LogP contribution in [-0.4, -0.2) is 23.2 Å². The third-order valence-corrected chi connectivity index (χ3v) is 3.06. The Balaban J connectivity index is 2.49. The van der Waals surface area contributed by atoms with Gasteiger partial charge in [-0.2, -0.15) is 13.2 Å². The maximum absolute atomic E-state index is 13.3. The summed E-state index contributed by atoms with van der Waals surface area (Å²) in [5.74, 6) is -2.81. The second-order valence-electron chi connectivity index (χ2n) is 3.89. The van der Waals surface area contributed by atoms with Crippen LogP contribution in [0, 0.1) is 11.6 Å². The number of nitrogens with one attached hydrogen (secondary N) is 1. The van der Waals surface area contributed by atoms with Gasteiger partial charge in [0.2, 0.25) is 0 Å². The van der Waals surface area contributed by atoms with Crippen molar-refractivity contribution < 1.29 is 32.5 Å². The molecule has 0 heterocycles. The first-order chi connectivity index (χ1) is 9.19. The number of carbonyl (C=O) groups excluding carboxylic acids is 1. The molecule has 0 aromatic heterocycles. The van der Waals surface area contributed by atoms with E-state index in [1.807, 2.05) is 0 Å². The standard InChI is InChI=1S/C11H11F5N2OS/c12-6-1-2-9(7(13)5-6)18-10(19)8(17)3-4-20-11(14,15)16/h1-2,5,8H,3-4,17H2,(H,18,19)/p+1/t8-/m0/s1. The van der Waals surface area contributed by atoms with E-state index in [2.05, 4.69) is 11.1 Å². The second kappa shape index (κ2) is 6.89. The van der Waals surface area contributed by atoms with E-state index < -0.39 is 29.1 Å². The van der Waals surface area contributed by atoms with Gasteiger partial charge in [0.05, 0.1) is 5.69 Å². The lowest BCUT2D eigenvalue weighted by atomic mass is 10.2. The molecule has 4 N–H and O–H groups in total. The van der Waals surface area contributed by atoms with Crippen molar-refractivity contribution >= 4 is 23.4 Å². The van der Waals surface area contributed by atoms with Gasteiger partial charge in [-0.25, -0.2) is 8.78 Å². The molecule has 1 amide bonds. The number of quaternary nitrogens is 1. The molecule has 0 saturated heterocycles. The summed E-state index contributed by atoms with van der Waals surface area (Å²) in [5, 5.41) is 2.15. The van der Waals surface area contributed by atoms with Gasteiger partial charge in [0.1, 0.15) is 11.6 Å². The fraction of sp³-hybridized carbons (Fsp3) is 0.364. The maximum Gasteiger partial charge on any atom is 0.441 e. The van der Waals surface area contributed by atoms with Crippen LogP contribution in [0.25, 0.3) is 0 Å². The van der Waals surface area contributed by atoms with Crippen molar-refractivity contribution in [3.8, 4) is 0 Å². The first-order valence-electron chi connectivity index (χ1n) is 5.49. The minimum absolute atomic E-state index is 0.112. The Morgan fingerprint density at radius 1 is 1.35 bits per heavy atom. The van der Waals surface area contributed by atoms with E-state index >= 15 is 0 Å². The van der Waals surface area contributed by atoms with Crippen molar-refractivity contribution in [1.29, 1.82) is 0 Å². The van der Waals surface area contributed by atoms with Crippen LogP contribution in [0.1, 0.15) is 6.42 Å². The molecule has 0 fully saturated rings. The molecule has 0 saturated carbocycles. The highest BCUT2D eigenvalue weighted by Crippen LogP contribution is 2.30. The summed E-state index contributed by atoms with van der Waals surface area (Å²) in [6.07, 6.45) is -0.112. The Bertz CT molecular complexity index is 480. The molecule has 1 aromatic carbocycles. The van der Waals surface area contributed by atoms with Crippen molar-refractivity contribution in [3.63, 3.8) is 0 Å². The number of halogens is 5. The largest absolute Gasteiger partial charge is 0.441 e. The number of hydrogen-bond donors (Lipinski definition) is 2. The lowest BCUT2D eigenvalue weighted by molar-refractivity contribution is -0.402. The molecule has 9 heteroatoms. The summed E-state index contributed by atoms with van der Waals surface area (Å²) in [4.78, 5) is 11.6. The molecule has 1 rings (SSSR count). The highest BCUT2D eigenvalue weighted by Gasteiger charge is 2.29. The predicted octanol–water partition coefficient (Wildman–Crippen LogP) is 2.16. The Kier molecular flexibility index (Phi) is 5.75. The molecule has 0 aliphatic rings. The third kappa shape index (κ3) is 5.74. The molecule has 20 heavy (non-hydrogen) atoms. The Morgan fingerprint density at radius 2 is 2.00 bits per heavy atom. The van der Waals surface area contributed by atoms with Crippen molar-refractivity contribution in [3.05, 3.63) is 29.8 Å². The van der Waals surface area contributed by atoms with Crippen LogP contribution in [0.5, 0.6) is 0 Å². The fourth-order valence-corrected chi connectivity index (χ4v) is 1.91. The van der Waals surface area contributed by atoms with E-state index in [9.17, 15) is 26.7 Å². The Morgan fingerprint density at radius 3 is 2.55 bits per heavy atom. The molecule has 0 bridgehead atoms. The summed E-state index contributed by atoms with van der Waals surface area (Å²) in [7, 11) is 0. The number of carbonyl (C=O) groups is 1. The first kappa shape index (κ1) is 16.7. The monoisotopic (exact) mass is 315 g/mol. The molecule has 0 aliphatic heterocycles. The van der Waals surface area contributed by atoms with Gasteiger partial charge in [-0.05, 0) is 12.1 Å². The van der Waals surface area contributed by atoms with E-state index in [0.717, 1.165) is 12.1 Å². The van der Waals surface area contributed by atoms with Gasteiger partial charge in [0, 0.05) is 18.2 Å². The molecule has 3 nitrogen and oxygen atoms in total.